The summed E-state index contributed by atoms with van der Waals surface area (Å²) in [5.74, 6) is -1.67. The molecule has 0 fully saturated rings. The molecule has 6 heteroatoms. The summed E-state index contributed by atoms with van der Waals surface area (Å²) in [5, 5.41) is 21.3. The van der Waals surface area contributed by atoms with Crippen LogP contribution in [-0.4, -0.2) is 29.1 Å². The van der Waals surface area contributed by atoms with E-state index in [2.05, 4.69) is 5.32 Å². The number of phenolic OH excluding ortho intramolecular Hbond substituents is 1. The molecule has 6 nitrogen and oxygen atoms in total. The lowest BCUT2D eigenvalue weighted by molar-refractivity contribution is -0.125. The standard InChI is InChI=1S/C16H20N2O4/c1-10(2)16(4,9-17)18-14(20)8-22-15(21)12-7-11(3)5-6-13(12)19/h5-7,10,19H,8H2,1-4H3,(H,18,20)/t16-/m0/s1. The van der Waals surface area contributed by atoms with Gasteiger partial charge >= 0.3 is 5.97 Å². The highest BCUT2D eigenvalue weighted by atomic mass is 16.5. The molecule has 1 aromatic rings. The largest absolute Gasteiger partial charge is 0.507 e. The summed E-state index contributed by atoms with van der Waals surface area (Å²) < 4.78 is 4.88. The first-order chi connectivity index (χ1) is 10.2. The van der Waals surface area contributed by atoms with Gasteiger partial charge in [0, 0.05) is 0 Å². The molecule has 0 unspecified atom stereocenters. The third-order valence-corrected chi connectivity index (χ3v) is 3.49. The van der Waals surface area contributed by atoms with Gasteiger partial charge in [0.2, 0.25) is 0 Å². The summed E-state index contributed by atoms with van der Waals surface area (Å²) in [6.45, 7) is 6.46. The number of carbonyl (C=O) groups excluding carboxylic acids is 2. The first-order valence-corrected chi connectivity index (χ1v) is 6.88. The number of aryl methyl sites for hydroxylation is 1. The monoisotopic (exact) mass is 304 g/mol. The molecule has 0 saturated heterocycles. The molecule has 0 spiro atoms. The number of nitrogens with zero attached hydrogens (tertiary/aromatic N) is 1. The van der Waals surface area contributed by atoms with Crippen LogP contribution in [0.3, 0.4) is 0 Å². The second-order valence-corrected chi connectivity index (χ2v) is 5.61. The number of nitrogens with one attached hydrogen (secondary N) is 1. The maximum absolute atomic E-state index is 11.9. The normalized spacial score (nSPS) is 13.1. The molecule has 2 N–H and O–H groups in total. The second kappa shape index (κ2) is 6.94. The van der Waals surface area contributed by atoms with Crippen molar-refractivity contribution in [2.75, 3.05) is 6.61 Å². The minimum atomic E-state index is -1.03. The molecule has 0 bridgehead atoms. The van der Waals surface area contributed by atoms with Gasteiger partial charge in [-0.1, -0.05) is 25.5 Å². The van der Waals surface area contributed by atoms with Gasteiger partial charge in [0.05, 0.1) is 6.07 Å². The highest BCUT2D eigenvalue weighted by Crippen LogP contribution is 2.19. The molecule has 0 aliphatic carbocycles. The minimum absolute atomic E-state index is 0.000274. The van der Waals surface area contributed by atoms with Crippen molar-refractivity contribution < 1.29 is 19.4 Å². The predicted octanol–water partition coefficient (Wildman–Crippen LogP) is 1.91. The van der Waals surface area contributed by atoms with Gasteiger partial charge < -0.3 is 15.2 Å². The number of hydrogen-bond donors (Lipinski definition) is 2. The summed E-state index contributed by atoms with van der Waals surface area (Å²) in [6, 6.07) is 6.55. The Hall–Kier alpha value is -2.55. The average molecular weight is 304 g/mol. The first-order valence-electron chi connectivity index (χ1n) is 6.88. The molecule has 22 heavy (non-hydrogen) atoms. The lowest BCUT2D eigenvalue weighted by Gasteiger charge is -2.27. The molecule has 0 aromatic heterocycles. The quantitative estimate of drug-likeness (QED) is 0.809. The third-order valence-electron chi connectivity index (χ3n) is 3.49. The van der Waals surface area contributed by atoms with Crippen LogP contribution in [0.4, 0.5) is 0 Å². The fourth-order valence-corrected chi connectivity index (χ4v) is 1.65. The number of phenols is 1. The van der Waals surface area contributed by atoms with Crippen molar-refractivity contribution in [2.24, 2.45) is 5.92 Å². The van der Waals surface area contributed by atoms with Crippen LogP contribution in [0.5, 0.6) is 5.75 Å². The van der Waals surface area contributed by atoms with Gasteiger partial charge in [0.15, 0.2) is 6.61 Å². The third kappa shape index (κ3) is 4.22. The van der Waals surface area contributed by atoms with Gasteiger partial charge in [0.1, 0.15) is 16.9 Å². The number of aromatic hydroxyl groups is 1. The highest BCUT2D eigenvalue weighted by molar-refractivity contribution is 5.94. The topological polar surface area (TPSA) is 99.4 Å². The zero-order chi connectivity index (χ0) is 16.9. The van der Waals surface area contributed by atoms with Crippen LogP contribution in [0.1, 0.15) is 36.7 Å². The number of esters is 1. The zero-order valence-corrected chi connectivity index (χ0v) is 13.1. The summed E-state index contributed by atoms with van der Waals surface area (Å²) in [4.78, 5) is 23.7. The Kier molecular flexibility index (Phi) is 5.52. The van der Waals surface area contributed by atoms with Gasteiger partial charge in [0.25, 0.3) is 5.91 Å². The van der Waals surface area contributed by atoms with E-state index in [0.29, 0.717) is 0 Å². The number of ether oxygens (including phenoxy) is 1. The molecular weight excluding hydrogens is 284 g/mol. The molecule has 1 atom stereocenters. The van der Waals surface area contributed by atoms with Gasteiger partial charge in [-0.3, -0.25) is 4.79 Å². The van der Waals surface area contributed by atoms with E-state index in [9.17, 15) is 14.7 Å². The smallest absolute Gasteiger partial charge is 0.342 e. The van der Waals surface area contributed by atoms with Crippen molar-refractivity contribution in [1.82, 2.24) is 5.32 Å². The first kappa shape index (κ1) is 17.5. The molecule has 0 radical (unpaired) electrons. The minimum Gasteiger partial charge on any atom is -0.507 e. The number of benzene rings is 1. The summed E-state index contributed by atoms with van der Waals surface area (Å²) in [6.07, 6.45) is 0. The van der Waals surface area contributed by atoms with E-state index in [4.69, 9.17) is 10.00 Å². The van der Waals surface area contributed by atoms with E-state index in [0.717, 1.165) is 5.56 Å². The van der Waals surface area contributed by atoms with Crippen LogP contribution < -0.4 is 5.32 Å². The Bertz CT molecular complexity index is 619. The maximum Gasteiger partial charge on any atom is 0.342 e. The second-order valence-electron chi connectivity index (χ2n) is 5.61. The summed E-state index contributed by atoms with van der Waals surface area (Å²) >= 11 is 0. The van der Waals surface area contributed by atoms with Crippen LogP contribution in [0.25, 0.3) is 0 Å². The zero-order valence-electron chi connectivity index (χ0n) is 13.1. The Morgan fingerprint density at radius 3 is 2.64 bits per heavy atom. The van der Waals surface area contributed by atoms with Gasteiger partial charge in [-0.25, -0.2) is 4.79 Å². The van der Waals surface area contributed by atoms with Crippen molar-refractivity contribution in [2.45, 2.75) is 33.2 Å². The summed E-state index contributed by atoms with van der Waals surface area (Å²) in [5.41, 5.74) is -0.250. The Morgan fingerprint density at radius 2 is 2.09 bits per heavy atom. The SMILES string of the molecule is Cc1ccc(O)c(C(=O)OCC(=O)N[C@@](C)(C#N)C(C)C)c1. The van der Waals surface area contributed by atoms with Gasteiger partial charge in [-0.15, -0.1) is 0 Å². The van der Waals surface area contributed by atoms with Crippen molar-refractivity contribution in [3.05, 3.63) is 29.3 Å². The number of carbonyl (C=O) groups is 2. The van der Waals surface area contributed by atoms with E-state index in [1.54, 1.807) is 33.8 Å². The van der Waals surface area contributed by atoms with E-state index in [-0.39, 0.29) is 17.2 Å². The molecule has 1 aromatic carbocycles. The maximum atomic E-state index is 11.9. The Labute approximate surface area is 129 Å². The lowest BCUT2D eigenvalue weighted by atomic mass is 9.90. The van der Waals surface area contributed by atoms with E-state index < -0.39 is 24.0 Å². The van der Waals surface area contributed by atoms with Crippen molar-refractivity contribution >= 4 is 11.9 Å². The van der Waals surface area contributed by atoms with Crippen LogP contribution in [-0.2, 0) is 9.53 Å². The fourth-order valence-electron chi connectivity index (χ4n) is 1.65. The van der Waals surface area contributed by atoms with Gasteiger partial charge in [-0.2, -0.15) is 5.26 Å². The molecule has 1 amide bonds. The molecule has 118 valence electrons. The highest BCUT2D eigenvalue weighted by Gasteiger charge is 2.30. The van der Waals surface area contributed by atoms with E-state index in [1.807, 2.05) is 6.07 Å². The lowest BCUT2D eigenvalue weighted by Crippen LogP contribution is -2.50. The Morgan fingerprint density at radius 1 is 1.45 bits per heavy atom. The van der Waals surface area contributed by atoms with Crippen molar-refractivity contribution in [3.8, 4) is 11.8 Å². The predicted molar refractivity (Wildman–Crippen MR) is 80.1 cm³/mol. The molecular formula is C16H20N2O4. The fraction of sp³-hybridized carbons (Fsp3) is 0.438. The summed E-state index contributed by atoms with van der Waals surface area (Å²) in [7, 11) is 0. The van der Waals surface area contributed by atoms with E-state index in [1.165, 1.54) is 12.1 Å². The molecule has 0 heterocycles. The molecule has 0 saturated carbocycles. The van der Waals surface area contributed by atoms with Gasteiger partial charge in [-0.05, 0) is 31.9 Å². The van der Waals surface area contributed by atoms with E-state index >= 15 is 0 Å². The molecule has 0 aliphatic rings. The number of hydrogen-bond acceptors (Lipinski definition) is 5. The van der Waals surface area contributed by atoms with Crippen LogP contribution in [0.15, 0.2) is 18.2 Å². The number of nitriles is 1. The van der Waals surface area contributed by atoms with Crippen LogP contribution in [0, 0.1) is 24.2 Å². The van der Waals surface area contributed by atoms with Crippen molar-refractivity contribution in [1.29, 1.82) is 5.26 Å². The molecule has 0 aliphatic heterocycles. The number of rotatable bonds is 5. The molecule has 1 rings (SSSR count). The number of amides is 1. The van der Waals surface area contributed by atoms with Crippen LogP contribution in [0.2, 0.25) is 0 Å². The average Bonchev–Trinajstić information content (AvgIpc) is 2.46. The van der Waals surface area contributed by atoms with Crippen molar-refractivity contribution in [3.63, 3.8) is 0 Å². The van der Waals surface area contributed by atoms with Crippen LogP contribution >= 0.6 is 0 Å². The Balaban J connectivity index is 2.67.